The first-order chi connectivity index (χ1) is 12.5. The lowest BCUT2D eigenvalue weighted by Crippen LogP contribution is -2.48. The number of nitrogens with zero attached hydrogens (tertiary/aromatic N) is 1. The molecule has 2 aliphatic rings. The van der Waals surface area contributed by atoms with Gasteiger partial charge < -0.3 is 20.1 Å². The molecule has 2 N–H and O–H groups in total. The van der Waals surface area contributed by atoms with Crippen molar-refractivity contribution in [1.29, 1.82) is 0 Å². The number of nitrogens with two attached hydrogens (primary N) is 1. The lowest BCUT2D eigenvalue weighted by Gasteiger charge is -2.35. The Bertz CT molecular complexity index is 875. The third kappa shape index (κ3) is 2.80. The number of carbonyl (C=O) groups is 2. The van der Waals surface area contributed by atoms with Gasteiger partial charge in [-0.05, 0) is 47.4 Å². The SMILES string of the molecule is COc1ccc2cc([C@H]3CN(C(=O)C4(C(N)=O)CC4)CCO3)ccc2c1. The molecule has 2 fully saturated rings. The molecule has 6 nitrogen and oxygen atoms in total. The highest BCUT2D eigenvalue weighted by Crippen LogP contribution is 2.47. The van der Waals surface area contributed by atoms with Crippen LogP contribution in [0.2, 0.25) is 0 Å². The minimum atomic E-state index is -0.970. The monoisotopic (exact) mass is 354 g/mol. The molecule has 26 heavy (non-hydrogen) atoms. The number of fused-ring (bicyclic) bond motifs is 1. The Kier molecular flexibility index (Phi) is 4.07. The summed E-state index contributed by atoms with van der Waals surface area (Å²) in [6.45, 7) is 1.39. The smallest absolute Gasteiger partial charge is 0.238 e. The third-order valence-electron chi connectivity index (χ3n) is 5.43. The van der Waals surface area contributed by atoms with E-state index < -0.39 is 11.3 Å². The Labute approximate surface area is 151 Å². The van der Waals surface area contributed by atoms with Crippen LogP contribution in [0, 0.1) is 5.41 Å². The Morgan fingerprint density at radius 2 is 1.92 bits per heavy atom. The minimum Gasteiger partial charge on any atom is -0.497 e. The molecule has 0 spiro atoms. The number of methoxy groups -OCH3 is 1. The lowest BCUT2D eigenvalue weighted by molar-refractivity contribution is -0.149. The van der Waals surface area contributed by atoms with Gasteiger partial charge in [-0.25, -0.2) is 0 Å². The Morgan fingerprint density at radius 1 is 1.19 bits per heavy atom. The van der Waals surface area contributed by atoms with Crippen molar-refractivity contribution in [1.82, 2.24) is 4.90 Å². The normalized spacial score (nSPS) is 21.4. The van der Waals surface area contributed by atoms with Crippen LogP contribution in [0.1, 0.15) is 24.5 Å². The lowest BCUT2D eigenvalue weighted by atomic mass is 10.0. The maximum absolute atomic E-state index is 12.7. The van der Waals surface area contributed by atoms with Gasteiger partial charge in [0.2, 0.25) is 11.8 Å². The summed E-state index contributed by atoms with van der Waals surface area (Å²) in [4.78, 5) is 26.1. The number of rotatable bonds is 4. The second-order valence-corrected chi connectivity index (χ2v) is 7.03. The number of benzene rings is 2. The quantitative estimate of drug-likeness (QED) is 0.852. The molecule has 1 heterocycles. The van der Waals surface area contributed by atoms with Gasteiger partial charge in [0.05, 0.1) is 20.3 Å². The van der Waals surface area contributed by atoms with Crippen LogP contribution in [-0.2, 0) is 14.3 Å². The van der Waals surface area contributed by atoms with E-state index in [0.717, 1.165) is 22.1 Å². The largest absolute Gasteiger partial charge is 0.497 e. The van der Waals surface area contributed by atoms with Gasteiger partial charge in [-0.15, -0.1) is 0 Å². The summed E-state index contributed by atoms with van der Waals surface area (Å²) in [5.74, 6) is 0.158. The zero-order valence-electron chi connectivity index (χ0n) is 14.7. The van der Waals surface area contributed by atoms with Crippen molar-refractivity contribution in [2.45, 2.75) is 18.9 Å². The highest BCUT2D eigenvalue weighted by Gasteiger charge is 2.57. The zero-order chi connectivity index (χ0) is 18.3. The maximum Gasteiger partial charge on any atom is 0.238 e. The fourth-order valence-electron chi connectivity index (χ4n) is 3.60. The van der Waals surface area contributed by atoms with Crippen molar-refractivity contribution in [3.63, 3.8) is 0 Å². The van der Waals surface area contributed by atoms with Gasteiger partial charge in [-0.3, -0.25) is 9.59 Å². The van der Waals surface area contributed by atoms with E-state index >= 15 is 0 Å². The standard InChI is InChI=1S/C20H22N2O4/c1-25-16-5-4-13-10-15(3-2-14(13)11-16)17-12-22(8-9-26-17)19(24)20(6-7-20)18(21)23/h2-5,10-11,17H,6-9,12H2,1H3,(H2,21,23)/t17-/m1/s1. The maximum atomic E-state index is 12.7. The predicted octanol–water partition coefficient (Wildman–Crippen LogP) is 2.01. The number of ether oxygens (including phenoxy) is 2. The van der Waals surface area contributed by atoms with Gasteiger partial charge in [0, 0.05) is 6.54 Å². The summed E-state index contributed by atoms with van der Waals surface area (Å²) in [5, 5.41) is 2.17. The first-order valence-corrected chi connectivity index (χ1v) is 8.82. The van der Waals surface area contributed by atoms with Gasteiger partial charge in [0.15, 0.2) is 0 Å². The molecule has 0 radical (unpaired) electrons. The van der Waals surface area contributed by atoms with Crippen LogP contribution in [0.4, 0.5) is 0 Å². The minimum absolute atomic E-state index is 0.149. The first kappa shape index (κ1) is 16.8. The molecule has 6 heteroatoms. The molecule has 1 aliphatic carbocycles. The van der Waals surface area contributed by atoms with Gasteiger partial charge >= 0.3 is 0 Å². The summed E-state index contributed by atoms with van der Waals surface area (Å²) in [6, 6.07) is 12.0. The second kappa shape index (κ2) is 6.29. The Balaban J connectivity index is 1.55. The molecule has 1 saturated heterocycles. The molecule has 0 bridgehead atoms. The summed E-state index contributed by atoms with van der Waals surface area (Å²) < 4.78 is 11.2. The van der Waals surface area contributed by atoms with E-state index in [1.165, 1.54) is 0 Å². The molecule has 2 amide bonds. The van der Waals surface area contributed by atoms with Crippen molar-refractivity contribution in [2.75, 3.05) is 26.8 Å². The molecule has 2 aromatic rings. The fourth-order valence-corrected chi connectivity index (χ4v) is 3.60. The van der Waals surface area contributed by atoms with Crippen molar-refractivity contribution >= 4 is 22.6 Å². The molecule has 0 unspecified atom stereocenters. The summed E-state index contributed by atoms with van der Waals surface area (Å²) in [7, 11) is 1.65. The summed E-state index contributed by atoms with van der Waals surface area (Å²) in [5.41, 5.74) is 5.49. The molecule has 1 aliphatic heterocycles. The number of carbonyl (C=O) groups excluding carboxylic acids is 2. The van der Waals surface area contributed by atoms with E-state index in [4.69, 9.17) is 15.2 Å². The third-order valence-corrected chi connectivity index (χ3v) is 5.43. The highest BCUT2D eigenvalue weighted by molar-refractivity contribution is 6.07. The van der Waals surface area contributed by atoms with Crippen molar-refractivity contribution < 1.29 is 19.1 Å². The average molecular weight is 354 g/mol. The molecular formula is C20H22N2O4. The van der Waals surface area contributed by atoms with E-state index in [2.05, 4.69) is 6.07 Å². The number of morpholine rings is 1. The molecule has 1 atom stereocenters. The molecule has 0 aromatic heterocycles. The summed E-state index contributed by atoms with van der Waals surface area (Å²) >= 11 is 0. The van der Waals surface area contributed by atoms with Crippen LogP contribution in [0.5, 0.6) is 5.75 Å². The van der Waals surface area contributed by atoms with Crippen LogP contribution < -0.4 is 10.5 Å². The van der Waals surface area contributed by atoms with Crippen molar-refractivity contribution in [2.24, 2.45) is 11.1 Å². The van der Waals surface area contributed by atoms with Crippen molar-refractivity contribution in [3.8, 4) is 5.75 Å². The van der Waals surface area contributed by atoms with Gasteiger partial charge in [0.25, 0.3) is 0 Å². The number of hydrogen-bond donors (Lipinski definition) is 1. The topological polar surface area (TPSA) is 81.9 Å². The second-order valence-electron chi connectivity index (χ2n) is 7.03. The predicted molar refractivity (Wildman–Crippen MR) is 96.6 cm³/mol. The number of amides is 2. The summed E-state index contributed by atoms with van der Waals surface area (Å²) in [6.07, 6.45) is 0.907. The van der Waals surface area contributed by atoms with Gasteiger partial charge in [-0.1, -0.05) is 18.2 Å². The van der Waals surface area contributed by atoms with Crippen LogP contribution in [0.3, 0.4) is 0 Å². The van der Waals surface area contributed by atoms with Gasteiger partial charge in [-0.2, -0.15) is 0 Å². The van der Waals surface area contributed by atoms with Crippen LogP contribution >= 0.6 is 0 Å². The Morgan fingerprint density at radius 3 is 2.62 bits per heavy atom. The molecule has 4 rings (SSSR count). The molecule has 1 saturated carbocycles. The van der Waals surface area contributed by atoms with Gasteiger partial charge in [0.1, 0.15) is 17.3 Å². The molecule has 136 valence electrons. The fraction of sp³-hybridized carbons (Fsp3) is 0.400. The van der Waals surface area contributed by atoms with E-state index in [1.807, 2.05) is 30.3 Å². The van der Waals surface area contributed by atoms with E-state index in [0.29, 0.717) is 32.5 Å². The molecule has 2 aromatic carbocycles. The van der Waals surface area contributed by atoms with E-state index in [9.17, 15) is 9.59 Å². The van der Waals surface area contributed by atoms with Crippen molar-refractivity contribution in [3.05, 3.63) is 42.0 Å². The number of primary amides is 1. The van der Waals surface area contributed by atoms with E-state index in [1.54, 1.807) is 12.0 Å². The highest BCUT2D eigenvalue weighted by atomic mass is 16.5. The first-order valence-electron chi connectivity index (χ1n) is 8.82. The van der Waals surface area contributed by atoms with Crippen LogP contribution in [-0.4, -0.2) is 43.5 Å². The molecular weight excluding hydrogens is 332 g/mol. The average Bonchev–Trinajstić information content (AvgIpc) is 3.49. The van der Waals surface area contributed by atoms with Crippen LogP contribution in [0.25, 0.3) is 10.8 Å². The van der Waals surface area contributed by atoms with Crippen LogP contribution in [0.15, 0.2) is 36.4 Å². The Hall–Kier alpha value is -2.60. The zero-order valence-corrected chi connectivity index (χ0v) is 14.7. The van der Waals surface area contributed by atoms with E-state index in [-0.39, 0.29) is 12.0 Å². The number of hydrogen-bond acceptors (Lipinski definition) is 4.